The fourth-order valence-corrected chi connectivity index (χ4v) is 3.14. The second kappa shape index (κ2) is 4.85. The predicted octanol–water partition coefficient (Wildman–Crippen LogP) is 4.46. The predicted molar refractivity (Wildman–Crippen MR) is 83.5 cm³/mol. The molecular formula is C18H15FN2. The van der Waals surface area contributed by atoms with Crippen molar-refractivity contribution in [3.8, 4) is 0 Å². The molecule has 1 aliphatic rings. The van der Waals surface area contributed by atoms with Crippen LogP contribution in [0.25, 0.3) is 10.9 Å². The molecule has 3 heteroatoms. The Labute approximate surface area is 122 Å². The molecule has 0 radical (unpaired) electrons. The number of benzene rings is 2. The number of hydrogen-bond donors (Lipinski definition) is 0. The normalized spacial score (nSPS) is 14.2. The van der Waals surface area contributed by atoms with E-state index in [1.165, 1.54) is 17.3 Å². The summed E-state index contributed by atoms with van der Waals surface area (Å²) in [6, 6.07) is 15.6. The number of anilines is 2. The Morgan fingerprint density at radius 1 is 0.952 bits per heavy atom. The molecule has 0 N–H and O–H groups in total. The largest absolute Gasteiger partial charge is 0.341 e. The van der Waals surface area contributed by atoms with Gasteiger partial charge in [-0.05, 0) is 36.6 Å². The third kappa shape index (κ3) is 1.97. The summed E-state index contributed by atoms with van der Waals surface area (Å²) in [4.78, 5) is 6.47. The minimum atomic E-state index is -0.264. The van der Waals surface area contributed by atoms with E-state index >= 15 is 0 Å². The first-order valence-corrected chi connectivity index (χ1v) is 7.23. The van der Waals surface area contributed by atoms with E-state index in [2.05, 4.69) is 34.1 Å². The monoisotopic (exact) mass is 278 g/mol. The van der Waals surface area contributed by atoms with Crippen LogP contribution in [0, 0.1) is 5.82 Å². The Morgan fingerprint density at radius 3 is 2.81 bits per heavy atom. The van der Waals surface area contributed by atoms with Gasteiger partial charge in [-0.25, -0.2) is 4.39 Å². The van der Waals surface area contributed by atoms with E-state index < -0.39 is 0 Å². The number of halogens is 1. The van der Waals surface area contributed by atoms with Crippen molar-refractivity contribution in [1.82, 2.24) is 4.98 Å². The zero-order valence-electron chi connectivity index (χ0n) is 11.6. The Hall–Kier alpha value is -2.42. The molecule has 0 atom stereocenters. The maximum atomic E-state index is 13.9. The molecule has 4 rings (SSSR count). The Balaban J connectivity index is 1.94. The molecule has 0 saturated heterocycles. The lowest BCUT2D eigenvalue weighted by Crippen LogP contribution is -2.24. The number of para-hydroxylation sites is 2. The smallest absolute Gasteiger partial charge is 0.149 e. The third-order valence-corrected chi connectivity index (χ3v) is 4.10. The molecule has 104 valence electrons. The zero-order chi connectivity index (χ0) is 14.2. The molecule has 1 aliphatic heterocycles. The van der Waals surface area contributed by atoms with Gasteiger partial charge in [0, 0.05) is 23.8 Å². The fraction of sp³-hybridized carbons (Fsp3) is 0.167. The van der Waals surface area contributed by atoms with Gasteiger partial charge in [-0.2, -0.15) is 0 Å². The highest BCUT2D eigenvalue weighted by molar-refractivity contribution is 5.94. The van der Waals surface area contributed by atoms with Crippen molar-refractivity contribution in [2.75, 3.05) is 11.4 Å². The van der Waals surface area contributed by atoms with Gasteiger partial charge in [0.05, 0.1) is 5.69 Å². The summed E-state index contributed by atoms with van der Waals surface area (Å²) in [6.07, 6.45) is 3.90. The maximum Gasteiger partial charge on any atom is 0.149 e. The van der Waals surface area contributed by atoms with E-state index in [1.807, 2.05) is 12.1 Å². The summed E-state index contributed by atoms with van der Waals surface area (Å²) in [6.45, 7) is 0.951. The van der Waals surface area contributed by atoms with Crippen molar-refractivity contribution >= 4 is 22.3 Å². The van der Waals surface area contributed by atoms with Crippen LogP contribution in [-0.2, 0) is 6.42 Å². The van der Waals surface area contributed by atoms with Crippen molar-refractivity contribution in [1.29, 1.82) is 0 Å². The highest BCUT2D eigenvalue weighted by Gasteiger charge is 2.20. The van der Waals surface area contributed by atoms with Crippen molar-refractivity contribution in [2.24, 2.45) is 0 Å². The van der Waals surface area contributed by atoms with Crippen molar-refractivity contribution < 1.29 is 4.39 Å². The molecule has 0 bridgehead atoms. The molecule has 0 saturated carbocycles. The SMILES string of the molecule is Fc1cccc2c(N3CCCc4ccccc43)ccnc12. The van der Waals surface area contributed by atoms with Gasteiger partial charge < -0.3 is 4.90 Å². The summed E-state index contributed by atoms with van der Waals surface area (Å²) < 4.78 is 13.9. The molecule has 3 aromatic rings. The number of aryl methyl sites for hydroxylation is 1. The first kappa shape index (κ1) is 12.3. The number of aromatic nitrogens is 1. The Kier molecular flexibility index (Phi) is 2.85. The van der Waals surface area contributed by atoms with Gasteiger partial charge in [0.15, 0.2) is 0 Å². The van der Waals surface area contributed by atoms with E-state index in [0.717, 1.165) is 30.5 Å². The first-order valence-electron chi connectivity index (χ1n) is 7.23. The lowest BCUT2D eigenvalue weighted by Gasteiger charge is -2.32. The molecule has 0 amide bonds. The van der Waals surface area contributed by atoms with Crippen molar-refractivity contribution in [3.63, 3.8) is 0 Å². The molecule has 1 aromatic heterocycles. The van der Waals surface area contributed by atoms with Gasteiger partial charge in [-0.1, -0.05) is 30.3 Å². The van der Waals surface area contributed by atoms with E-state index in [4.69, 9.17) is 0 Å². The average Bonchev–Trinajstić information content (AvgIpc) is 2.54. The van der Waals surface area contributed by atoms with Crippen LogP contribution in [0.2, 0.25) is 0 Å². The van der Waals surface area contributed by atoms with Gasteiger partial charge in [-0.3, -0.25) is 4.98 Å². The molecule has 0 unspecified atom stereocenters. The number of hydrogen-bond acceptors (Lipinski definition) is 2. The van der Waals surface area contributed by atoms with Crippen LogP contribution in [0.15, 0.2) is 54.7 Å². The van der Waals surface area contributed by atoms with Gasteiger partial charge in [0.25, 0.3) is 0 Å². The zero-order valence-corrected chi connectivity index (χ0v) is 11.6. The van der Waals surface area contributed by atoms with E-state index in [-0.39, 0.29) is 5.82 Å². The first-order chi connectivity index (χ1) is 10.3. The van der Waals surface area contributed by atoms with Crippen LogP contribution < -0.4 is 4.90 Å². The topological polar surface area (TPSA) is 16.1 Å². The summed E-state index contributed by atoms with van der Waals surface area (Å²) in [5.41, 5.74) is 4.05. The van der Waals surface area contributed by atoms with Crippen molar-refractivity contribution in [3.05, 3.63) is 66.1 Å². The minimum Gasteiger partial charge on any atom is -0.341 e. The van der Waals surface area contributed by atoms with Gasteiger partial charge >= 0.3 is 0 Å². The van der Waals surface area contributed by atoms with Crippen LogP contribution in [-0.4, -0.2) is 11.5 Å². The summed E-state index contributed by atoms with van der Waals surface area (Å²) in [5, 5.41) is 0.870. The molecule has 21 heavy (non-hydrogen) atoms. The van der Waals surface area contributed by atoms with Crippen molar-refractivity contribution in [2.45, 2.75) is 12.8 Å². The van der Waals surface area contributed by atoms with Crippen LogP contribution in [0.3, 0.4) is 0 Å². The fourth-order valence-electron chi connectivity index (χ4n) is 3.14. The quantitative estimate of drug-likeness (QED) is 0.653. The molecule has 0 aliphatic carbocycles. The highest BCUT2D eigenvalue weighted by Crippen LogP contribution is 2.36. The third-order valence-electron chi connectivity index (χ3n) is 4.10. The molecular weight excluding hydrogens is 263 g/mol. The highest BCUT2D eigenvalue weighted by atomic mass is 19.1. The molecule has 2 nitrogen and oxygen atoms in total. The van der Waals surface area contributed by atoms with Crippen LogP contribution >= 0.6 is 0 Å². The molecule has 2 aromatic carbocycles. The van der Waals surface area contributed by atoms with E-state index in [9.17, 15) is 4.39 Å². The summed E-state index contributed by atoms with van der Waals surface area (Å²) in [7, 11) is 0. The van der Waals surface area contributed by atoms with Gasteiger partial charge in [0.2, 0.25) is 0 Å². The maximum absolute atomic E-state index is 13.9. The standard InChI is InChI=1S/C18H15FN2/c19-15-8-3-7-14-17(10-11-20-18(14)15)21-12-4-6-13-5-1-2-9-16(13)21/h1-3,5,7-11H,4,6,12H2. The lowest BCUT2D eigenvalue weighted by atomic mass is 10.0. The van der Waals surface area contributed by atoms with Gasteiger partial charge in [0.1, 0.15) is 11.3 Å². The van der Waals surface area contributed by atoms with Crippen LogP contribution in [0.5, 0.6) is 0 Å². The van der Waals surface area contributed by atoms with Gasteiger partial charge in [-0.15, -0.1) is 0 Å². The molecule has 2 heterocycles. The molecule has 0 fully saturated rings. The number of fused-ring (bicyclic) bond motifs is 2. The minimum absolute atomic E-state index is 0.264. The molecule has 0 spiro atoms. The van der Waals surface area contributed by atoms with Crippen LogP contribution in [0.1, 0.15) is 12.0 Å². The van der Waals surface area contributed by atoms with E-state index in [0.29, 0.717) is 5.52 Å². The van der Waals surface area contributed by atoms with E-state index in [1.54, 1.807) is 12.3 Å². The summed E-state index contributed by atoms with van der Waals surface area (Å²) in [5.74, 6) is -0.264. The number of pyridine rings is 1. The average molecular weight is 278 g/mol. The number of nitrogens with zero attached hydrogens (tertiary/aromatic N) is 2. The lowest BCUT2D eigenvalue weighted by molar-refractivity contribution is 0.637. The second-order valence-electron chi connectivity index (χ2n) is 5.35. The summed E-state index contributed by atoms with van der Waals surface area (Å²) >= 11 is 0. The number of rotatable bonds is 1. The Bertz CT molecular complexity index is 813. The van der Waals surface area contributed by atoms with Crippen LogP contribution in [0.4, 0.5) is 15.8 Å². The Morgan fingerprint density at radius 2 is 1.86 bits per heavy atom. The second-order valence-corrected chi connectivity index (χ2v) is 5.35.